The molecule has 2 heterocycles. The highest BCUT2D eigenvalue weighted by Crippen LogP contribution is 2.34. The molecule has 2 saturated heterocycles. The summed E-state index contributed by atoms with van der Waals surface area (Å²) in [4.78, 5) is 27.7. The maximum Gasteiger partial charge on any atom is 0.234 e. The number of halogens is 2. The number of carbonyl (C=O) groups is 2. The van der Waals surface area contributed by atoms with Gasteiger partial charge in [-0.1, -0.05) is 0 Å². The number of methoxy groups -OCH3 is 1. The number of likely N-dealkylation sites (tertiary alicyclic amines) is 2. The maximum atomic E-state index is 13.7. The van der Waals surface area contributed by atoms with Crippen molar-refractivity contribution in [3.8, 4) is 0 Å². The summed E-state index contributed by atoms with van der Waals surface area (Å²) in [6.45, 7) is 1.54. The molecule has 0 bridgehead atoms. The molecular weight excluding hydrogens is 306 g/mol. The van der Waals surface area contributed by atoms with Gasteiger partial charge in [-0.3, -0.25) is 19.4 Å². The van der Waals surface area contributed by atoms with Gasteiger partial charge in [-0.05, 0) is 18.2 Å². The molecule has 5 nitrogen and oxygen atoms in total. The van der Waals surface area contributed by atoms with Crippen molar-refractivity contribution in [3.63, 3.8) is 0 Å². The van der Waals surface area contributed by atoms with Gasteiger partial charge in [0.1, 0.15) is 11.6 Å². The minimum Gasteiger partial charge on any atom is -0.383 e. The largest absolute Gasteiger partial charge is 0.383 e. The van der Waals surface area contributed by atoms with Crippen LogP contribution in [0.2, 0.25) is 0 Å². The summed E-state index contributed by atoms with van der Waals surface area (Å²) in [6.07, 6.45) is 0. The zero-order valence-corrected chi connectivity index (χ0v) is 12.8. The monoisotopic (exact) mass is 324 g/mol. The number of hydrogen-bond acceptors (Lipinski definition) is 4. The minimum atomic E-state index is -0.501. The second kappa shape index (κ2) is 6.33. The number of ether oxygens (including phenoxy) is 1. The van der Waals surface area contributed by atoms with E-state index in [-0.39, 0.29) is 30.5 Å². The Morgan fingerprint density at radius 3 is 2.43 bits per heavy atom. The summed E-state index contributed by atoms with van der Waals surface area (Å²) in [7, 11) is 1.52. The van der Waals surface area contributed by atoms with Crippen molar-refractivity contribution in [2.45, 2.75) is 6.54 Å². The molecule has 2 amide bonds. The Hall–Kier alpha value is -1.86. The Bertz CT molecular complexity index is 614. The van der Waals surface area contributed by atoms with Crippen LogP contribution in [-0.4, -0.2) is 55.0 Å². The second-order valence-electron chi connectivity index (χ2n) is 5.96. The molecule has 2 aliphatic rings. The molecule has 0 spiro atoms. The standard InChI is InChI=1S/C16H18F2N2O3/c1-23-5-4-20-15(21)12-8-19(9-13(12)16(20)22)7-10-6-11(17)2-3-14(10)18/h2-3,6,12-13H,4-5,7-9H2,1H3. The zero-order valence-electron chi connectivity index (χ0n) is 12.8. The Morgan fingerprint density at radius 1 is 1.17 bits per heavy atom. The molecule has 0 saturated carbocycles. The van der Waals surface area contributed by atoms with Crippen molar-refractivity contribution in [1.29, 1.82) is 0 Å². The number of nitrogens with zero attached hydrogens (tertiary/aromatic N) is 2. The quantitative estimate of drug-likeness (QED) is 0.759. The average Bonchev–Trinajstić information content (AvgIpc) is 3.02. The van der Waals surface area contributed by atoms with Gasteiger partial charge in [0.15, 0.2) is 0 Å². The molecule has 23 heavy (non-hydrogen) atoms. The summed E-state index contributed by atoms with van der Waals surface area (Å²) in [5.41, 5.74) is 0.237. The number of fused-ring (bicyclic) bond motifs is 1. The van der Waals surface area contributed by atoms with E-state index in [9.17, 15) is 18.4 Å². The second-order valence-corrected chi connectivity index (χ2v) is 5.96. The molecule has 0 aromatic heterocycles. The van der Waals surface area contributed by atoms with Crippen molar-refractivity contribution in [3.05, 3.63) is 35.4 Å². The average molecular weight is 324 g/mol. The highest BCUT2D eigenvalue weighted by Gasteiger charge is 2.51. The Balaban J connectivity index is 1.67. The van der Waals surface area contributed by atoms with Crippen LogP contribution in [0.1, 0.15) is 5.56 Å². The summed E-state index contributed by atoms with van der Waals surface area (Å²) in [5, 5.41) is 0. The van der Waals surface area contributed by atoms with E-state index < -0.39 is 23.5 Å². The van der Waals surface area contributed by atoms with Crippen LogP contribution < -0.4 is 0 Å². The van der Waals surface area contributed by atoms with E-state index in [1.807, 2.05) is 4.90 Å². The lowest BCUT2D eigenvalue weighted by molar-refractivity contribution is -0.141. The van der Waals surface area contributed by atoms with Gasteiger partial charge in [-0.15, -0.1) is 0 Å². The molecule has 2 atom stereocenters. The molecule has 0 aliphatic carbocycles. The third-order valence-corrected chi connectivity index (χ3v) is 4.48. The molecule has 0 N–H and O–H groups in total. The predicted molar refractivity (Wildman–Crippen MR) is 77.2 cm³/mol. The Morgan fingerprint density at radius 2 is 1.83 bits per heavy atom. The van der Waals surface area contributed by atoms with Crippen molar-refractivity contribution in [1.82, 2.24) is 9.80 Å². The van der Waals surface area contributed by atoms with Gasteiger partial charge < -0.3 is 4.74 Å². The topological polar surface area (TPSA) is 49.9 Å². The Kier molecular flexibility index (Phi) is 4.41. The lowest BCUT2D eigenvalue weighted by Crippen LogP contribution is -2.37. The van der Waals surface area contributed by atoms with Crippen molar-refractivity contribution < 1.29 is 23.1 Å². The molecule has 7 heteroatoms. The van der Waals surface area contributed by atoms with Gasteiger partial charge in [0.2, 0.25) is 11.8 Å². The van der Waals surface area contributed by atoms with E-state index >= 15 is 0 Å². The fraction of sp³-hybridized carbons (Fsp3) is 0.500. The third-order valence-electron chi connectivity index (χ3n) is 4.48. The summed E-state index contributed by atoms with van der Waals surface area (Å²) >= 11 is 0. The van der Waals surface area contributed by atoms with E-state index in [2.05, 4.69) is 0 Å². The highest BCUT2D eigenvalue weighted by atomic mass is 19.1. The number of carbonyl (C=O) groups excluding carboxylic acids is 2. The van der Waals surface area contributed by atoms with Gasteiger partial charge in [-0.25, -0.2) is 8.78 Å². The number of hydrogen-bond donors (Lipinski definition) is 0. The van der Waals surface area contributed by atoms with Crippen LogP contribution >= 0.6 is 0 Å². The fourth-order valence-electron chi connectivity index (χ4n) is 3.33. The molecule has 2 aliphatic heterocycles. The van der Waals surface area contributed by atoms with Crippen molar-refractivity contribution >= 4 is 11.8 Å². The normalized spacial score (nSPS) is 24.6. The zero-order chi connectivity index (χ0) is 16.6. The number of rotatable bonds is 5. The first kappa shape index (κ1) is 16.0. The molecular formula is C16H18F2N2O3. The first-order valence-corrected chi connectivity index (χ1v) is 7.51. The van der Waals surface area contributed by atoms with E-state index in [0.29, 0.717) is 19.7 Å². The van der Waals surface area contributed by atoms with Gasteiger partial charge in [0, 0.05) is 32.3 Å². The van der Waals surface area contributed by atoms with Crippen LogP contribution in [0.5, 0.6) is 0 Å². The summed E-state index contributed by atoms with van der Waals surface area (Å²) in [6, 6.07) is 3.31. The number of benzene rings is 1. The van der Waals surface area contributed by atoms with Crippen LogP contribution in [-0.2, 0) is 20.9 Å². The molecule has 1 aromatic rings. The lowest BCUT2D eigenvalue weighted by Gasteiger charge is -2.20. The molecule has 0 radical (unpaired) electrons. The third kappa shape index (κ3) is 2.98. The molecule has 2 fully saturated rings. The molecule has 3 rings (SSSR count). The first-order valence-electron chi connectivity index (χ1n) is 7.51. The number of imide groups is 1. The van der Waals surface area contributed by atoms with Gasteiger partial charge >= 0.3 is 0 Å². The number of amides is 2. The van der Waals surface area contributed by atoms with Gasteiger partial charge in [-0.2, -0.15) is 0 Å². The van der Waals surface area contributed by atoms with Crippen LogP contribution in [0.4, 0.5) is 8.78 Å². The molecule has 124 valence electrons. The first-order chi connectivity index (χ1) is 11.0. The Labute approximate surface area is 132 Å². The summed E-state index contributed by atoms with van der Waals surface area (Å²) < 4.78 is 31.9. The fourth-order valence-corrected chi connectivity index (χ4v) is 3.33. The van der Waals surface area contributed by atoms with Crippen LogP contribution in [0, 0.1) is 23.5 Å². The lowest BCUT2D eigenvalue weighted by atomic mass is 10.00. The van der Waals surface area contributed by atoms with E-state index in [1.165, 1.54) is 12.0 Å². The van der Waals surface area contributed by atoms with Gasteiger partial charge in [0.05, 0.1) is 25.0 Å². The maximum absolute atomic E-state index is 13.7. The minimum absolute atomic E-state index is 0.190. The van der Waals surface area contributed by atoms with Crippen molar-refractivity contribution in [2.24, 2.45) is 11.8 Å². The highest BCUT2D eigenvalue weighted by molar-refractivity contribution is 6.05. The van der Waals surface area contributed by atoms with Crippen molar-refractivity contribution in [2.75, 3.05) is 33.4 Å². The van der Waals surface area contributed by atoms with Crippen LogP contribution in [0.3, 0.4) is 0 Å². The summed E-state index contributed by atoms with van der Waals surface area (Å²) in [5.74, 6) is -2.16. The van der Waals surface area contributed by atoms with E-state index in [4.69, 9.17) is 4.74 Å². The van der Waals surface area contributed by atoms with Gasteiger partial charge in [0.25, 0.3) is 0 Å². The van der Waals surface area contributed by atoms with Crippen LogP contribution in [0.25, 0.3) is 0 Å². The van der Waals surface area contributed by atoms with E-state index in [1.54, 1.807) is 0 Å². The van der Waals surface area contributed by atoms with E-state index in [0.717, 1.165) is 18.2 Å². The van der Waals surface area contributed by atoms with Crippen LogP contribution in [0.15, 0.2) is 18.2 Å². The molecule has 2 unspecified atom stereocenters. The SMILES string of the molecule is COCCN1C(=O)C2CN(Cc3cc(F)ccc3F)CC2C1=O. The smallest absolute Gasteiger partial charge is 0.234 e. The predicted octanol–water partition coefficient (Wildman–Crippen LogP) is 1.03. The molecule has 1 aromatic carbocycles.